The van der Waals surface area contributed by atoms with E-state index in [1.165, 1.54) is 122 Å². The van der Waals surface area contributed by atoms with Crippen molar-refractivity contribution in [2.24, 2.45) is 0 Å². The number of hydrogen-bond donors (Lipinski definition) is 3. The number of nitrogens with one attached hydrogen (secondary N) is 1. The van der Waals surface area contributed by atoms with E-state index in [2.05, 4.69) is 67.8 Å². The molecule has 0 aromatic rings. The molecule has 4 heteroatoms. The molecule has 0 saturated heterocycles. The number of aliphatic hydroxyl groups excluding tert-OH is 2. The minimum Gasteiger partial charge on any atom is -0.394 e. The van der Waals surface area contributed by atoms with E-state index >= 15 is 0 Å². The van der Waals surface area contributed by atoms with Gasteiger partial charge < -0.3 is 15.5 Å². The van der Waals surface area contributed by atoms with Crippen LogP contribution in [0.3, 0.4) is 0 Å². The lowest BCUT2D eigenvalue weighted by molar-refractivity contribution is -0.123. The predicted octanol–water partition coefficient (Wildman–Crippen LogP) is 13.7. The van der Waals surface area contributed by atoms with E-state index in [-0.39, 0.29) is 12.5 Å². The summed E-state index contributed by atoms with van der Waals surface area (Å²) in [5, 5.41) is 23.0. The predicted molar refractivity (Wildman–Crippen MR) is 225 cm³/mol. The second-order valence-electron chi connectivity index (χ2n) is 14.7. The van der Waals surface area contributed by atoms with Crippen LogP contribution in [-0.2, 0) is 4.79 Å². The summed E-state index contributed by atoms with van der Waals surface area (Å²) in [5.74, 6) is -0.0884. The fraction of sp³-hybridized carbons (Fsp3) is 0.766. The van der Waals surface area contributed by atoms with Crippen LogP contribution in [0.2, 0.25) is 0 Å². The molecule has 0 aromatic carbocycles. The summed E-state index contributed by atoms with van der Waals surface area (Å²) in [4.78, 5) is 12.4. The Hall–Kier alpha value is -1.91. The number of unbranched alkanes of at least 4 members (excludes halogenated alkanes) is 24. The number of aliphatic hydroxyl groups is 2. The summed E-state index contributed by atoms with van der Waals surface area (Å²) in [6.07, 6.45) is 59.0. The van der Waals surface area contributed by atoms with Gasteiger partial charge in [0.2, 0.25) is 5.91 Å². The highest BCUT2D eigenvalue weighted by Crippen LogP contribution is 2.15. The van der Waals surface area contributed by atoms with Crippen molar-refractivity contribution in [2.45, 2.75) is 225 Å². The van der Waals surface area contributed by atoms with Gasteiger partial charge in [0.25, 0.3) is 0 Å². The maximum Gasteiger partial charge on any atom is 0.220 e. The van der Waals surface area contributed by atoms with Gasteiger partial charge >= 0.3 is 0 Å². The Morgan fingerprint density at radius 1 is 0.490 bits per heavy atom. The SMILES string of the molecule is CC/C=C\C/C=C\C/C=C\C/C=C\CCCCCCC(=O)NC(CO)C(O)/C=C/CCCCCCCCCCCCCCCCCCCCCC. The third-order valence-electron chi connectivity index (χ3n) is 9.76. The monoisotopic (exact) mass is 712 g/mol. The zero-order valence-electron chi connectivity index (χ0n) is 33.9. The fourth-order valence-corrected chi connectivity index (χ4v) is 6.40. The number of hydrogen-bond acceptors (Lipinski definition) is 3. The van der Waals surface area contributed by atoms with Gasteiger partial charge in [0.1, 0.15) is 0 Å². The van der Waals surface area contributed by atoms with Crippen LogP contribution < -0.4 is 5.32 Å². The van der Waals surface area contributed by atoms with E-state index in [0.717, 1.165) is 70.6 Å². The molecule has 0 aromatic heterocycles. The number of amides is 1. The van der Waals surface area contributed by atoms with E-state index in [1.54, 1.807) is 6.08 Å². The van der Waals surface area contributed by atoms with Crippen LogP contribution in [0.25, 0.3) is 0 Å². The van der Waals surface area contributed by atoms with Crippen LogP contribution in [0.5, 0.6) is 0 Å². The van der Waals surface area contributed by atoms with Gasteiger partial charge in [-0.1, -0.05) is 209 Å². The van der Waals surface area contributed by atoms with Crippen molar-refractivity contribution in [2.75, 3.05) is 6.61 Å². The summed E-state index contributed by atoms with van der Waals surface area (Å²) in [6, 6.07) is -0.637. The molecular weight excluding hydrogens is 627 g/mol. The molecule has 4 nitrogen and oxygen atoms in total. The van der Waals surface area contributed by atoms with Crippen molar-refractivity contribution >= 4 is 5.91 Å². The molecule has 0 fully saturated rings. The molecule has 0 spiro atoms. The van der Waals surface area contributed by atoms with E-state index in [4.69, 9.17) is 0 Å². The zero-order chi connectivity index (χ0) is 37.1. The van der Waals surface area contributed by atoms with E-state index < -0.39 is 12.1 Å². The first-order valence-electron chi connectivity index (χ1n) is 22.0. The molecule has 0 rings (SSSR count). The molecular formula is C47H85NO3. The molecule has 0 aliphatic heterocycles. The first-order valence-corrected chi connectivity index (χ1v) is 22.0. The third-order valence-corrected chi connectivity index (χ3v) is 9.76. The van der Waals surface area contributed by atoms with Crippen molar-refractivity contribution in [1.82, 2.24) is 5.32 Å². The molecule has 0 aliphatic rings. The van der Waals surface area contributed by atoms with Crippen molar-refractivity contribution in [3.63, 3.8) is 0 Å². The normalized spacial score (nSPS) is 13.6. The Kier molecular flexibility index (Phi) is 40.9. The fourth-order valence-electron chi connectivity index (χ4n) is 6.40. The van der Waals surface area contributed by atoms with Gasteiger partial charge in [-0.15, -0.1) is 0 Å². The highest BCUT2D eigenvalue weighted by Gasteiger charge is 2.17. The van der Waals surface area contributed by atoms with Crippen LogP contribution in [-0.4, -0.2) is 34.9 Å². The average molecular weight is 712 g/mol. The average Bonchev–Trinajstić information content (AvgIpc) is 3.13. The van der Waals surface area contributed by atoms with Gasteiger partial charge in [-0.2, -0.15) is 0 Å². The minimum atomic E-state index is -0.852. The highest BCUT2D eigenvalue weighted by atomic mass is 16.3. The summed E-state index contributed by atoms with van der Waals surface area (Å²) < 4.78 is 0. The van der Waals surface area contributed by atoms with Gasteiger partial charge in [-0.3, -0.25) is 4.79 Å². The lowest BCUT2D eigenvalue weighted by atomic mass is 10.0. The number of carbonyl (C=O) groups is 1. The molecule has 0 saturated carbocycles. The molecule has 51 heavy (non-hydrogen) atoms. The smallest absolute Gasteiger partial charge is 0.220 e. The molecule has 2 unspecified atom stereocenters. The minimum absolute atomic E-state index is 0.0884. The molecule has 0 radical (unpaired) electrons. The maximum atomic E-state index is 12.4. The Bertz CT molecular complexity index is 858. The number of allylic oxidation sites excluding steroid dienone is 9. The molecule has 2 atom stereocenters. The van der Waals surface area contributed by atoms with Crippen LogP contribution in [0.15, 0.2) is 60.8 Å². The van der Waals surface area contributed by atoms with Crippen molar-refractivity contribution in [3.8, 4) is 0 Å². The Morgan fingerprint density at radius 2 is 0.863 bits per heavy atom. The first-order chi connectivity index (χ1) is 25.2. The highest BCUT2D eigenvalue weighted by molar-refractivity contribution is 5.76. The van der Waals surface area contributed by atoms with Gasteiger partial charge in [0.05, 0.1) is 18.8 Å². The number of carbonyl (C=O) groups excluding carboxylic acids is 1. The van der Waals surface area contributed by atoms with Crippen molar-refractivity contribution < 1.29 is 15.0 Å². The van der Waals surface area contributed by atoms with E-state index in [1.807, 2.05) is 6.08 Å². The molecule has 0 aliphatic carbocycles. The van der Waals surface area contributed by atoms with Gasteiger partial charge in [-0.25, -0.2) is 0 Å². The van der Waals surface area contributed by atoms with E-state index in [9.17, 15) is 15.0 Å². The van der Waals surface area contributed by atoms with Crippen LogP contribution in [0.1, 0.15) is 213 Å². The van der Waals surface area contributed by atoms with Crippen LogP contribution in [0.4, 0.5) is 0 Å². The zero-order valence-corrected chi connectivity index (χ0v) is 33.9. The van der Waals surface area contributed by atoms with Crippen LogP contribution in [0, 0.1) is 0 Å². The summed E-state index contributed by atoms with van der Waals surface area (Å²) in [5.41, 5.74) is 0. The molecule has 3 N–H and O–H groups in total. The van der Waals surface area contributed by atoms with Crippen molar-refractivity contribution in [3.05, 3.63) is 60.8 Å². The Labute approximate surface area is 317 Å². The summed E-state index contributed by atoms with van der Waals surface area (Å²) >= 11 is 0. The van der Waals surface area contributed by atoms with Gasteiger partial charge in [-0.05, 0) is 57.8 Å². The molecule has 0 bridgehead atoms. The van der Waals surface area contributed by atoms with Crippen molar-refractivity contribution in [1.29, 1.82) is 0 Å². The number of rotatable bonds is 39. The Morgan fingerprint density at radius 3 is 1.29 bits per heavy atom. The van der Waals surface area contributed by atoms with Gasteiger partial charge in [0.15, 0.2) is 0 Å². The third kappa shape index (κ3) is 39.1. The second kappa shape index (κ2) is 42.5. The van der Waals surface area contributed by atoms with Crippen LogP contribution >= 0.6 is 0 Å². The van der Waals surface area contributed by atoms with Gasteiger partial charge in [0, 0.05) is 6.42 Å². The maximum absolute atomic E-state index is 12.4. The molecule has 1 amide bonds. The standard InChI is InChI=1S/C47H85NO3/c1-3-5-7-9-11-13-15-17-19-21-22-23-24-25-27-28-30-32-34-36-38-40-42-46(50)45(44-49)48-47(51)43-41-39-37-35-33-31-29-26-20-18-16-14-12-10-8-6-4-2/h6,8,12,14,18,20,29,31,40,42,45-46,49-50H,3-5,7,9-11,13,15-17,19,21-28,30,32-39,41,43-44H2,1-2H3,(H,48,51)/b8-6-,14-12-,20-18-,31-29-,42-40+. The summed E-state index contributed by atoms with van der Waals surface area (Å²) in [6.45, 7) is 4.19. The van der Waals surface area contributed by atoms with E-state index in [0.29, 0.717) is 6.42 Å². The summed E-state index contributed by atoms with van der Waals surface area (Å²) in [7, 11) is 0. The lowest BCUT2D eigenvalue weighted by Crippen LogP contribution is -2.45. The molecule has 0 heterocycles. The first kappa shape index (κ1) is 49.1. The quantitative estimate of drug-likeness (QED) is 0.0439. The topological polar surface area (TPSA) is 69.6 Å². The second-order valence-corrected chi connectivity index (χ2v) is 14.7. The largest absolute Gasteiger partial charge is 0.394 e. The molecule has 296 valence electrons. The lowest BCUT2D eigenvalue weighted by Gasteiger charge is -2.20. The Balaban J connectivity index is 3.61.